The zero-order chi connectivity index (χ0) is 18.8. The highest BCUT2D eigenvalue weighted by molar-refractivity contribution is 7.92. The highest BCUT2D eigenvalue weighted by atomic mass is 32.2. The minimum Gasteiger partial charge on any atom is -0.495 e. The number of aryl methyl sites for hydroxylation is 1. The van der Waals surface area contributed by atoms with Gasteiger partial charge in [0.2, 0.25) is 0 Å². The summed E-state index contributed by atoms with van der Waals surface area (Å²) in [6.07, 6.45) is 0. The Kier molecular flexibility index (Phi) is 5.32. The second kappa shape index (κ2) is 6.96. The van der Waals surface area contributed by atoms with Gasteiger partial charge in [-0.1, -0.05) is 32.9 Å². The molecule has 0 aliphatic heterocycles. The monoisotopic (exact) mass is 363 g/mol. The molecular weight excluding hydrogens is 338 g/mol. The lowest BCUT2D eigenvalue weighted by atomic mass is 9.87. The molecule has 0 spiro atoms. The van der Waals surface area contributed by atoms with Crippen molar-refractivity contribution in [2.24, 2.45) is 0 Å². The highest BCUT2D eigenvalue weighted by Gasteiger charge is 2.23. The molecule has 0 saturated heterocycles. The lowest BCUT2D eigenvalue weighted by Gasteiger charge is -2.21. The fraction of sp³-hybridized carbons (Fsp3) is 0.368. The summed E-state index contributed by atoms with van der Waals surface area (Å²) in [5.41, 5.74) is 2.12. The van der Waals surface area contributed by atoms with E-state index in [1.54, 1.807) is 30.3 Å². The van der Waals surface area contributed by atoms with E-state index < -0.39 is 10.0 Å². The van der Waals surface area contributed by atoms with Crippen LogP contribution in [-0.4, -0.2) is 22.6 Å². The number of sulfonamides is 1. The molecule has 0 atom stereocenters. The van der Waals surface area contributed by atoms with E-state index in [9.17, 15) is 8.42 Å². The molecule has 0 fully saturated rings. The van der Waals surface area contributed by atoms with Crippen LogP contribution in [0.1, 0.15) is 31.9 Å². The Balaban J connectivity index is 2.53. The zero-order valence-corrected chi connectivity index (χ0v) is 16.3. The van der Waals surface area contributed by atoms with E-state index in [1.807, 2.05) is 13.0 Å². The Labute approximate surface area is 150 Å². The molecule has 0 heterocycles. The molecule has 0 aromatic heterocycles. The topological polar surface area (TPSA) is 64.6 Å². The second-order valence-corrected chi connectivity index (χ2v) is 8.58. The van der Waals surface area contributed by atoms with Crippen molar-refractivity contribution in [3.8, 4) is 11.5 Å². The minimum atomic E-state index is -3.83. The van der Waals surface area contributed by atoms with E-state index >= 15 is 0 Å². The summed E-state index contributed by atoms with van der Waals surface area (Å²) in [5, 5.41) is 0. The van der Waals surface area contributed by atoms with E-state index in [-0.39, 0.29) is 10.3 Å². The third kappa shape index (κ3) is 4.25. The van der Waals surface area contributed by atoms with Crippen LogP contribution in [0.25, 0.3) is 0 Å². The molecule has 6 heteroatoms. The predicted molar refractivity (Wildman–Crippen MR) is 100 cm³/mol. The average Bonchev–Trinajstić information content (AvgIpc) is 2.53. The summed E-state index contributed by atoms with van der Waals surface area (Å²) in [4.78, 5) is 0.0956. The van der Waals surface area contributed by atoms with E-state index in [4.69, 9.17) is 9.47 Å². The maximum absolute atomic E-state index is 12.9. The number of nitrogens with one attached hydrogen (secondary N) is 1. The van der Waals surface area contributed by atoms with Crippen LogP contribution < -0.4 is 14.2 Å². The van der Waals surface area contributed by atoms with Crippen LogP contribution in [-0.2, 0) is 15.4 Å². The third-order valence-corrected chi connectivity index (χ3v) is 5.31. The van der Waals surface area contributed by atoms with Crippen molar-refractivity contribution in [1.82, 2.24) is 0 Å². The lowest BCUT2D eigenvalue weighted by molar-refractivity contribution is 0.402. The van der Waals surface area contributed by atoms with Gasteiger partial charge in [-0.3, -0.25) is 4.72 Å². The highest BCUT2D eigenvalue weighted by Crippen LogP contribution is 2.34. The SMILES string of the molecule is COc1ccc(C(C)(C)C)cc1NS(=O)(=O)c1cc(C)ccc1OC. The van der Waals surface area contributed by atoms with Crippen LogP contribution in [0.3, 0.4) is 0 Å². The number of rotatable bonds is 5. The number of ether oxygens (including phenoxy) is 2. The van der Waals surface area contributed by atoms with E-state index in [2.05, 4.69) is 25.5 Å². The van der Waals surface area contributed by atoms with Gasteiger partial charge in [-0.05, 0) is 47.7 Å². The molecule has 1 N–H and O–H groups in total. The number of anilines is 1. The van der Waals surface area contributed by atoms with Gasteiger partial charge < -0.3 is 9.47 Å². The van der Waals surface area contributed by atoms with Crippen LogP contribution >= 0.6 is 0 Å². The Morgan fingerprint density at radius 2 is 1.52 bits per heavy atom. The maximum Gasteiger partial charge on any atom is 0.265 e. The first-order valence-electron chi connectivity index (χ1n) is 7.94. The average molecular weight is 363 g/mol. The smallest absolute Gasteiger partial charge is 0.265 e. The summed E-state index contributed by atoms with van der Waals surface area (Å²) >= 11 is 0. The van der Waals surface area contributed by atoms with Gasteiger partial charge in [0.15, 0.2) is 0 Å². The molecule has 0 saturated carbocycles. The van der Waals surface area contributed by atoms with Gasteiger partial charge in [0.25, 0.3) is 10.0 Å². The molecule has 0 radical (unpaired) electrons. The Morgan fingerprint density at radius 3 is 2.08 bits per heavy atom. The summed E-state index contributed by atoms with van der Waals surface area (Å²) in [6.45, 7) is 8.03. The number of hydrogen-bond acceptors (Lipinski definition) is 4. The largest absolute Gasteiger partial charge is 0.495 e. The van der Waals surface area contributed by atoms with Gasteiger partial charge in [0.05, 0.1) is 19.9 Å². The molecule has 5 nitrogen and oxygen atoms in total. The molecule has 2 aromatic carbocycles. The predicted octanol–water partition coefficient (Wildman–Crippen LogP) is 4.11. The minimum absolute atomic E-state index is 0.0956. The molecular formula is C19H25NO4S. The Morgan fingerprint density at radius 1 is 0.920 bits per heavy atom. The first-order chi connectivity index (χ1) is 11.6. The molecule has 136 valence electrons. The van der Waals surface area contributed by atoms with Gasteiger partial charge in [0.1, 0.15) is 16.4 Å². The van der Waals surface area contributed by atoms with E-state index in [0.29, 0.717) is 17.2 Å². The summed E-state index contributed by atoms with van der Waals surface area (Å²) < 4.78 is 39.0. The number of benzene rings is 2. The van der Waals surface area contributed by atoms with Gasteiger partial charge >= 0.3 is 0 Å². The van der Waals surface area contributed by atoms with Crippen molar-refractivity contribution in [3.05, 3.63) is 47.5 Å². The van der Waals surface area contributed by atoms with E-state index in [1.165, 1.54) is 14.2 Å². The van der Waals surface area contributed by atoms with Crippen molar-refractivity contribution < 1.29 is 17.9 Å². The van der Waals surface area contributed by atoms with Crippen LogP contribution in [0.15, 0.2) is 41.3 Å². The molecule has 0 aliphatic rings. The Hall–Kier alpha value is -2.21. The second-order valence-electron chi connectivity index (χ2n) is 6.92. The molecule has 0 bridgehead atoms. The quantitative estimate of drug-likeness (QED) is 0.868. The fourth-order valence-electron chi connectivity index (χ4n) is 2.45. The summed E-state index contributed by atoms with van der Waals surface area (Å²) in [6, 6.07) is 10.5. The van der Waals surface area contributed by atoms with Gasteiger partial charge in [-0.2, -0.15) is 0 Å². The van der Waals surface area contributed by atoms with E-state index in [0.717, 1.165) is 11.1 Å². The fourth-order valence-corrected chi connectivity index (χ4v) is 3.76. The lowest BCUT2D eigenvalue weighted by Crippen LogP contribution is -2.17. The first kappa shape index (κ1) is 19.1. The first-order valence-corrected chi connectivity index (χ1v) is 9.43. The normalized spacial score (nSPS) is 11.9. The molecule has 0 aliphatic carbocycles. The molecule has 0 unspecified atom stereocenters. The molecule has 0 amide bonds. The van der Waals surface area contributed by atoms with Gasteiger partial charge in [-0.15, -0.1) is 0 Å². The number of methoxy groups -OCH3 is 2. The van der Waals surface area contributed by atoms with Crippen molar-refractivity contribution >= 4 is 15.7 Å². The Bertz CT molecular complexity index is 867. The zero-order valence-electron chi connectivity index (χ0n) is 15.5. The third-order valence-electron chi connectivity index (χ3n) is 3.92. The van der Waals surface area contributed by atoms with Gasteiger partial charge in [-0.25, -0.2) is 8.42 Å². The van der Waals surface area contributed by atoms with Gasteiger partial charge in [0, 0.05) is 0 Å². The van der Waals surface area contributed by atoms with Crippen LogP contribution in [0, 0.1) is 6.92 Å². The van der Waals surface area contributed by atoms with Crippen molar-refractivity contribution in [3.63, 3.8) is 0 Å². The standard InChI is InChI=1S/C19H25NO4S/c1-13-7-9-17(24-6)18(11-13)25(21,22)20-15-12-14(19(2,3)4)8-10-16(15)23-5/h7-12,20H,1-6H3. The molecule has 2 rings (SSSR count). The van der Waals surface area contributed by atoms with Crippen LogP contribution in [0.4, 0.5) is 5.69 Å². The molecule has 2 aromatic rings. The maximum atomic E-state index is 12.9. The number of hydrogen-bond donors (Lipinski definition) is 1. The van der Waals surface area contributed by atoms with Crippen molar-refractivity contribution in [2.45, 2.75) is 38.0 Å². The van der Waals surface area contributed by atoms with Crippen molar-refractivity contribution in [1.29, 1.82) is 0 Å². The van der Waals surface area contributed by atoms with Crippen LogP contribution in [0.5, 0.6) is 11.5 Å². The molecule has 25 heavy (non-hydrogen) atoms. The summed E-state index contributed by atoms with van der Waals surface area (Å²) in [5.74, 6) is 0.757. The van der Waals surface area contributed by atoms with Crippen molar-refractivity contribution in [2.75, 3.05) is 18.9 Å². The summed E-state index contributed by atoms with van der Waals surface area (Å²) in [7, 11) is -0.868. The van der Waals surface area contributed by atoms with Crippen LogP contribution in [0.2, 0.25) is 0 Å².